The van der Waals surface area contributed by atoms with E-state index in [1.165, 1.54) is 23.1 Å². The minimum Gasteiger partial charge on any atom is -0.459 e. The number of carbonyl (C=O) groups is 2. The first-order chi connectivity index (χ1) is 13.1. The first-order valence-electron chi connectivity index (χ1n) is 8.06. The van der Waals surface area contributed by atoms with Crippen LogP contribution in [0.5, 0.6) is 0 Å². The molecule has 0 saturated heterocycles. The summed E-state index contributed by atoms with van der Waals surface area (Å²) >= 11 is 2.67. The lowest BCUT2D eigenvalue weighted by molar-refractivity contribution is -0.141. The number of thioether (sulfide) groups is 1. The quantitative estimate of drug-likeness (QED) is 0.575. The number of nitrogens with zero attached hydrogens (tertiary/aromatic N) is 2. The van der Waals surface area contributed by atoms with Crippen LogP contribution in [0.2, 0.25) is 0 Å². The lowest BCUT2D eigenvalue weighted by Crippen LogP contribution is -2.16. The summed E-state index contributed by atoms with van der Waals surface area (Å²) < 4.78 is 10.1. The van der Waals surface area contributed by atoms with Crippen LogP contribution in [0, 0.1) is 6.92 Å². The average molecular weight is 403 g/mol. The fourth-order valence-corrected chi connectivity index (χ4v) is 3.53. The van der Waals surface area contributed by atoms with E-state index in [9.17, 15) is 9.59 Å². The molecule has 0 radical (unpaired) electrons. The highest BCUT2D eigenvalue weighted by atomic mass is 32.2. The predicted molar refractivity (Wildman–Crippen MR) is 105 cm³/mol. The third-order valence-corrected chi connectivity index (χ3v) is 5.15. The number of aryl methyl sites for hydroxylation is 1. The first kappa shape index (κ1) is 19.1. The lowest BCUT2D eigenvalue weighted by atomic mass is 10.2. The van der Waals surface area contributed by atoms with Gasteiger partial charge in [0.1, 0.15) is 17.4 Å². The summed E-state index contributed by atoms with van der Waals surface area (Å²) in [5.74, 6) is 0.529. The van der Waals surface area contributed by atoms with Crippen LogP contribution >= 0.6 is 23.1 Å². The second-order valence-corrected chi connectivity index (χ2v) is 7.38. The van der Waals surface area contributed by atoms with Gasteiger partial charge in [-0.25, -0.2) is 4.98 Å². The van der Waals surface area contributed by atoms with E-state index in [0.29, 0.717) is 17.3 Å². The number of hydrogen-bond donors (Lipinski definition) is 1. The van der Waals surface area contributed by atoms with Gasteiger partial charge in [0.05, 0.1) is 17.2 Å². The molecule has 1 aromatic carbocycles. The van der Waals surface area contributed by atoms with Crippen molar-refractivity contribution in [3.8, 4) is 10.6 Å². The number of thiazole rings is 1. The molecule has 9 heteroatoms. The average Bonchev–Trinajstić information content (AvgIpc) is 3.30. The van der Waals surface area contributed by atoms with Crippen molar-refractivity contribution in [3.63, 3.8) is 0 Å². The zero-order valence-corrected chi connectivity index (χ0v) is 16.1. The largest absolute Gasteiger partial charge is 0.459 e. The van der Waals surface area contributed by atoms with Gasteiger partial charge in [0.15, 0.2) is 5.82 Å². The van der Waals surface area contributed by atoms with Crippen molar-refractivity contribution in [1.29, 1.82) is 0 Å². The Morgan fingerprint density at radius 2 is 2.07 bits per heavy atom. The standard InChI is InChI=1S/C18H17N3O4S2/c1-12-7-15(21-25-12)20-16(22)10-26-11-17(23)24-8-14-9-27-18(19-14)13-5-3-2-4-6-13/h2-7,9H,8,10-11H2,1H3,(H,20,21,22). The third kappa shape index (κ3) is 5.93. The summed E-state index contributed by atoms with van der Waals surface area (Å²) in [6.45, 7) is 1.85. The van der Waals surface area contributed by atoms with E-state index in [-0.39, 0.29) is 30.0 Å². The van der Waals surface area contributed by atoms with Gasteiger partial charge in [0.25, 0.3) is 0 Å². The topological polar surface area (TPSA) is 94.3 Å². The molecule has 0 spiro atoms. The van der Waals surface area contributed by atoms with Crippen LogP contribution in [-0.2, 0) is 20.9 Å². The van der Waals surface area contributed by atoms with Gasteiger partial charge < -0.3 is 14.6 Å². The zero-order valence-electron chi connectivity index (χ0n) is 14.5. The van der Waals surface area contributed by atoms with Crippen LogP contribution in [0.4, 0.5) is 5.82 Å². The molecule has 0 bridgehead atoms. The Morgan fingerprint density at radius 1 is 1.26 bits per heavy atom. The maximum Gasteiger partial charge on any atom is 0.316 e. The van der Waals surface area contributed by atoms with Gasteiger partial charge in [0, 0.05) is 17.0 Å². The number of esters is 1. The molecule has 0 unspecified atom stereocenters. The maximum atomic E-state index is 11.8. The molecule has 1 amide bonds. The number of ether oxygens (including phenoxy) is 1. The first-order valence-corrected chi connectivity index (χ1v) is 10.1. The number of amides is 1. The molecule has 0 aliphatic heterocycles. The van der Waals surface area contributed by atoms with E-state index in [1.54, 1.807) is 13.0 Å². The second kappa shape index (κ2) is 9.33. The Balaban J connectivity index is 1.36. The highest BCUT2D eigenvalue weighted by Crippen LogP contribution is 2.23. The molecule has 27 heavy (non-hydrogen) atoms. The molecular weight excluding hydrogens is 386 g/mol. The molecule has 3 rings (SSSR count). The molecular formula is C18H17N3O4S2. The van der Waals surface area contributed by atoms with Crippen molar-refractivity contribution in [2.75, 3.05) is 16.8 Å². The van der Waals surface area contributed by atoms with Gasteiger partial charge in [0.2, 0.25) is 5.91 Å². The number of aromatic nitrogens is 2. The molecule has 0 saturated carbocycles. The van der Waals surface area contributed by atoms with Crippen LogP contribution in [0.3, 0.4) is 0 Å². The zero-order chi connectivity index (χ0) is 19.1. The lowest BCUT2D eigenvalue weighted by Gasteiger charge is -2.03. The van der Waals surface area contributed by atoms with E-state index in [2.05, 4.69) is 15.5 Å². The van der Waals surface area contributed by atoms with Crippen molar-refractivity contribution >= 4 is 40.8 Å². The molecule has 2 aromatic heterocycles. The van der Waals surface area contributed by atoms with E-state index in [1.807, 2.05) is 35.7 Å². The number of carbonyl (C=O) groups excluding carboxylic acids is 2. The van der Waals surface area contributed by atoms with Crippen LogP contribution in [0.25, 0.3) is 10.6 Å². The molecule has 0 aliphatic carbocycles. The van der Waals surface area contributed by atoms with Crippen molar-refractivity contribution in [3.05, 3.63) is 53.2 Å². The Hall–Kier alpha value is -2.65. The number of hydrogen-bond acceptors (Lipinski definition) is 8. The molecule has 0 aliphatic rings. The number of nitrogens with one attached hydrogen (secondary N) is 1. The fraction of sp³-hybridized carbons (Fsp3) is 0.222. The smallest absolute Gasteiger partial charge is 0.316 e. The summed E-state index contributed by atoms with van der Waals surface area (Å²) in [5, 5.41) is 9.02. The Labute approximate surface area is 164 Å². The molecule has 7 nitrogen and oxygen atoms in total. The van der Waals surface area contributed by atoms with Crippen molar-refractivity contribution in [1.82, 2.24) is 10.1 Å². The van der Waals surface area contributed by atoms with Gasteiger partial charge in [-0.1, -0.05) is 35.5 Å². The summed E-state index contributed by atoms with van der Waals surface area (Å²) in [6, 6.07) is 11.4. The highest BCUT2D eigenvalue weighted by molar-refractivity contribution is 8.00. The van der Waals surface area contributed by atoms with Crippen molar-refractivity contribution in [2.45, 2.75) is 13.5 Å². The second-order valence-electron chi connectivity index (χ2n) is 5.53. The number of benzene rings is 1. The monoisotopic (exact) mass is 403 g/mol. The highest BCUT2D eigenvalue weighted by Gasteiger charge is 2.10. The van der Waals surface area contributed by atoms with Gasteiger partial charge in [-0.15, -0.1) is 23.1 Å². The van der Waals surface area contributed by atoms with E-state index in [4.69, 9.17) is 9.26 Å². The Kier molecular flexibility index (Phi) is 6.61. The Bertz CT molecular complexity index is 908. The number of anilines is 1. The summed E-state index contributed by atoms with van der Waals surface area (Å²) in [7, 11) is 0. The van der Waals surface area contributed by atoms with Crippen LogP contribution in [0.1, 0.15) is 11.5 Å². The number of rotatable bonds is 8. The summed E-state index contributed by atoms with van der Waals surface area (Å²) in [6.07, 6.45) is 0. The van der Waals surface area contributed by atoms with E-state index in [0.717, 1.165) is 10.6 Å². The normalized spacial score (nSPS) is 10.6. The van der Waals surface area contributed by atoms with Crippen molar-refractivity contribution < 1.29 is 18.8 Å². The van der Waals surface area contributed by atoms with Crippen LogP contribution in [0.15, 0.2) is 46.3 Å². The van der Waals surface area contributed by atoms with Gasteiger partial charge in [-0.05, 0) is 6.92 Å². The van der Waals surface area contributed by atoms with E-state index < -0.39 is 0 Å². The molecule has 1 N–H and O–H groups in total. The van der Waals surface area contributed by atoms with Crippen LogP contribution in [-0.4, -0.2) is 33.5 Å². The molecule has 3 aromatic rings. The van der Waals surface area contributed by atoms with Crippen molar-refractivity contribution in [2.24, 2.45) is 0 Å². The van der Waals surface area contributed by atoms with E-state index >= 15 is 0 Å². The predicted octanol–water partition coefficient (Wildman–Crippen LogP) is 3.52. The summed E-state index contributed by atoms with van der Waals surface area (Å²) in [5.41, 5.74) is 1.74. The van der Waals surface area contributed by atoms with Gasteiger partial charge in [-0.3, -0.25) is 9.59 Å². The van der Waals surface area contributed by atoms with Gasteiger partial charge >= 0.3 is 5.97 Å². The Morgan fingerprint density at radius 3 is 2.81 bits per heavy atom. The van der Waals surface area contributed by atoms with Gasteiger partial charge in [-0.2, -0.15) is 0 Å². The third-order valence-electron chi connectivity index (χ3n) is 3.30. The molecule has 140 valence electrons. The van der Waals surface area contributed by atoms with Crippen LogP contribution < -0.4 is 5.32 Å². The fourth-order valence-electron chi connectivity index (χ4n) is 2.11. The molecule has 2 heterocycles. The molecule has 0 atom stereocenters. The summed E-state index contributed by atoms with van der Waals surface area (Å²) in [4.78, 5) is 28.0. The minimum absolute atomic E-state index is 0.0843. The SMILES string of the molecule is Cc1cc(NC(=O)CSCC(=O)OCc2csc(-c3ccccc3)n2)no1. The molecule has 0 fully saturated rings. The minimum atomic E-state index is -0.389. The maximum absolute atomic E-state index is 11.8.